The van der Waals surface area contributed by atoms with E-state index in [0.717, 1.165) is 16.9 Å². The minimum atomic E-state index is -4.11. The van der Waals surface area contributed by atoms with Gasteiger partial charge in [-0.15, -0.1) is 11.3 Å². The SMILES string of the molecule is COc1cc(C)c(S(=O)(=O)NC(N)=NCCC[C@H](NC(=O)[C@H](Cc2ccccc2)NC(=O)[C@H](CC(C)C)NC(=O)NCc2ccc(Cl)c(Cl)c2)C(=O)c2nccs2)c(C)c1C. The van der Waals surface area contributed by atoms with E-state index in [-0.39, 0.29) is 60.6 Å². The molecule has 3 aromatic carbocycles. The average molecular weight is 916 g/mol. The number of aryl methyl sites for hydroxylation is 1. The highest BCUT2D eigenvalue weighted by molar-refractivity contribution is 7.90. The third-order valence-electron chi connectivity index (χ3n) is 9.60. The average Bonchev–Trinajstić information content (AvgIpc) is 3.75. The summed E-state index contributed by atoms with van der Waals surface area (Å²) in [6, 6.07) is 11.7. The van der Waals surface area contributed by atoms with Crippen molar-refractivity contribution in [1.82, 2.24) is 31.0 Å². The topological polar surface area (TPSA) is 223 Å². The molecule has 4 amide bonds. The molecule has 0 aliphatic heterocycles. The third kappa shape index (κ3) is 14.2. The Morgan fingerprint density at radius 3 is 2.21 bits per heavy atom. The second-order valence-corrected chi connectivity index (χ2v) is 18.1. The van der Waals surface area contributed by atoms with E-state index in [1.54, 1.807) is 74.7 Å². The quantitative estimate of drug-likeness (QED) is 0.0274. The van der Waals surface area contributed by atoms with Crippen LogP contribution in [-0.2, 0) is 32.6 Å². The zero-order valence-electron chi connectivity index (χ0n) is 34.8. The molecule has 0 radical (unpaired) electrons. The van der Waals surface area contributed by atoms with Gasteiger partial charge in [0.1, 0.15) is 17.8 Å². The van der Waals surface area contributed by atoms with E-state index in [1.807, 2.05) is 19.9 Å². The van der Waals surface area contributed by atoms with E-state index < -0.39 is 51.8 Å². The molecule has 4 rings (SSSR count). The summed E-state index contributed by atoms with van der Waals surface area (Å²) in [5.74, 6) is -1.50. The molecule has 0 saturated heterocycles. The van der Waals surface area contributed by atoms with E-state index >= 15 is 0 Å². The summed E-state index contributed by atoms with van der Waals surface area (Å²) in [5.41, 5.74) is 9.11. The molecule has 19 heteroatoms. The zero-order chi connectivity index (χ0) is 44.9. The van der Waals surface area contributed by atoms with Gasteiger partial charge in [0.25, 0.3) is 10.0 Å². The van der Waals surface area contributed by atoms with Gasteiger partial charge in [-0.05, 0) is 92.0 Å². The largest absolute Gasteiger partial charge is 0.496 e. The molecule has 1 aromatic heterocycles. The number of benzene rings is 3. The van der Waals surface area contributed by atoms with Gasteiger partial charge < -0.3 is 31.7 Å². The number of rotatable bonds is 20. The summed E-state index contributed by atoms with van der Waals surface area (Å²) in [5, 5.41) is 13.6. The maximum atomic E-state index is 14.1. The number of halogens is 2. The highest BCUT2D eigenvalue weighted by Gasteiger charge is 2.31. The van der Waals surface area contributed by atoms with Gasteiger partial charge in [-0.25, -0.2) is 22.9 Å². The van der Waals surface area contributed by atoms with E-state index in [4.69, 9.17) is 33.7 Å². The van der Waals surface area contributed by atoms with Crippen molar-refractivity contribution < 1.29 is 32.3 Å². The first kappa shape index (κ1) is 48.4. The van der Waals surface area contributed by atoms with E-state index in [0.29, 0.717) is 38.0 Å². The number of Topliss-reactive ketones (excluding diaryl/α,β-unsaturated/α-hetero) is 1. The lowest BCUT2D eigenvalue weighted by Gasteiger charge is -2.26. The molecule has 0 aliphatic rings. The van der Waals surface area contributed by atoms with Crippen LogP contribution in [-0.4, -0.2) is 74.8 Å². The molecule has 1 heterocycles. The van der Waals surface area contributed by atoms with Gasteiger partial charge in [-0.1, -0.05) is 73.4 Å². The number of carbonyl (C=O) groups is 4. The lowest BCUT2D eigenvalue weighted by Crippen LogP contribution is -2.57. The minimum Gasteiger partial charge on any atom is -0.496 e. The van der Waals surface area contributed by atoms with Crippen molar-refractivity contribution in [3.05, 3.63) is 109 Å². The number of thiazole rings is 1. The summed E-state index contributed by atoms with van der Waals surface area (Å²) in [4.78, 5) is 63.2. The molecule has 15 nitrogen and oxygen atoms in total. The lowest BCUT2D eigenvalue weighted by molar-refractivity contribution is -0.130. The smallest absolute Gasteiger partial charge is 0.315 e. The van der Waals surface area contributed by atoms with Gasteiger partial charge in [0.2, 0.25) is 23.6 Å². The number of nitrogens with two attached hydrogens (primary N) is 1. The van der Waals surface area contributed by atoms with Crippen LogP contribution in [0.25, 0.3) is 0 Å². The van der Waals surface area contributed by atoms with E-state index in [9.17, 15) is 27.6 Å². The van der Waals surface area contributed by atoms with Crippen LogP contribution in [0.3, 0.4) is 0 Å². The maximum Gasteiger partial charge on any atom is 0.315 e. The molecule has 0 fully saturated rings. The molecule has 61 heavy (non-hydrogen) atoms. The summed E-state index contributed by atoms with van der Waals surface area (Å²) in [6.07, 6.45) is 2.09. The Labute approximate surface area is 370 Å². The molecule has 3 atom stereocenters. The van der Waals surface area contributed by atoms with Crippen molar-refractivity contribution in [3.63, 3.8) is 0 Å². The fourth-order valence-electron chi connectivity index (χ4n) is 6.47. The van der Waals surface area contributed by atoms with E-state index in [1.165, 1.54) is 13.3 Å². The predicted octanol–water partition coefficient (Wildman–Crippen LogP) is 5.77. The van der Waals surface area contributed by atoms with Gasteiger partial charge in [0.05, 0.1) is 28.1 Å². The fraction of sp³-hybridized carbons (Fsp3) is 0.381. The van der Waals surface area contributed by atoms with Crippen LogP contribution in [0.1, 0.15) is 70.7 Å². The zero-order valence-corrected chi connectivity index (χ0v) is 37.9. The number of nitrogens with one attached hydrogen (secondary N) is 5. The maximum absolute atomic E-state index is 14.1. The van der Waals surface area contributed by atoms with Crippen molar-refractivity contribution >= 4 is 74.2 Å². The minimum absolute atomic E-state index is 0.00529. The summed E-state index contributed by atoms with van der Waals surface area (Å²) < 4.78 is 34.4. The van der Waals surface area contributed by atoms with Crippen LogP contribution in [0.5, 0.6) is 5.75 Å². The number of hydrogen-bond acceptors (Lipinski definition) is 10. The number of nitrogens with zero attached hydrogens (tertiary/aromatic N) is 2. The Morgan fingerprint density at radius 1 is 0.885 bits per heavy atom. The normalized spacial score (nSPS) is 13.2. The summed E-state index contributed by atoms with van der Waals surface area (Å²) >= 11 is 13.2. The van der Waals surface area contributed by atoms with E-state index in [2.05, 4.69) is 36.0 Å². The molecule has 0 unspecified atom stereocenters. The van der Waals surface area contributed by atoms with Crippen LogP contribution in [0.2, 0.25) is 10.0 Å². The number of aliphatic imine (C=N–C) groups is 1. The monoisotopic (exact) mass is 914 g/mol. The van der Waals surface area contributed by atoms with Gasteiger partial charge in [0.15, 0.2) is 5.01 Å². The van der Waals surface area contributed by atoms with Gasteiger partial charge in [-0.3, -0.25) is 19.4 Å². The van der Waals surface area contributed by atoms with Crippen LogP contribution in [0.15, 0.2) is 76.1 Å². The molecular formula is C42H52Cl2N8O7S2. The predicted molar refractivity (Wildman–Crippen MR) is 239 cm³/mol. The molecule has 328 valence electrons. The molecular weight excluding hydrogens is 864 g/mol. The molecule has 0 spiro atoms. The second-order valence-electron chi connectivity index (χ2n) is 14.8. The van der Waals surface area contributed by atoms with Crippen LogP contribution in [0.4, 0.5) is 4.79 Å². The first-order chi connectivity index (χ1) is 28.9. The number of amides is 4. The van der Waals surface area contributed by atoms with Gasteiger partial charge in [-0.2, -0.15) is 0 Å². The molecule has 0 bridgehead atoms. The van der Waals surface area contributed by atoms with Crippen LogP contribution in [0, 0.1) is 26.7 Å². The first-order valence-electron chi connectivity index (χ1n) is 19.4. The lowest BCUT2D eigenvalue weighted by atomic mass is 10.0. The number of sulfonamides is 1. The highest BCUT2D eigenvalue weighted by atomic mass is 35.5. The number of urea groups is 1. The van der Waals surface area contributed by atoms with Crippen LogP contribution >= 0.6 is 34.5 Å². The third-order valence-corrected chi connectivity index (χ3v) is 12.8. The van der Waals surface area contributed by atoms with Gasteiger partial charge >= 0.3 is 6.03 Å². The highest BCUT2D eigenvalue weighted by Crippen LogP contribution is 2.30. The summed E-state index contributed by atoms with van der Waals surface area (Å²) in [6.45, 7) is 9.01. The molecule has 7 N–H and O–H groups in total. The standard InChI is InChI=1S/C42H52Cl2N8O7S2/c1-24(2)19-33(51-42(56)48-23-29-14-15-30(43)31(44)21-29)38(54)50-34(22-28-11-8-7-9-12-28)39(55)49-32(36(53)40-46-17-18-60-40)13-10-16-47-41(45)52-61(57,58)37-25(3)20-35(59-6)26(4)27(37)5/h7-9,11-12,14-15,17-18,20-21,24,32-34H,10,13,16,19,22-23H2,1-6H3,(H,49,55)(H,50,54)(H3,45,47,52)(H2,48,51,56)/t32-,33-,34-/m0/s1. The number of ether oxygens (including phenoxy) is 1. The Balaban J connectivity index is 1.49. The van der Waals surface area contributed by atoms with Crippen molar-refractivity contribution in [2.45, 2.75) is 89.9 Å². The van der Waals surface area contributed by atoms with Crippen molar-refractivity contribution in [1.29, 1.82) is 0 Å². The second kappa shape index (κ2) is 22.6. The Hall–Kier alpha value is -5.23. The molecule has 4 aromatic rings. The number of guanidine groups is 1. The Bertz CT molecular complexity index is 2310. The number of aromatic nitrogens is 1. The first-order valence-corrected chi connectivity index (χ1v) is 22.6. The molecule has 0 aliphatic carbocycles. The number of hydrogen-bond donors (Lipinski definition) is 6. The van der Waals surface area contributed by atoms with Crippen LogP contribution < -0.4 is 36.5 Å². The molecule has 0 saturated carbocycles. The summed E-state index contributed by atoms with van der Waals surface area (Å²) in [7, 11) is -2.60. The Morgan fingerprint density at radius 2 is 1.57 bits per heavy atom. The van der Waals surface area contributed by atoms with Gasteiger partial charge in [0, 0.05) is 31.1 Å². The van der Waals surface area contributed by atoms with Crippen molar-refractivity contribution in [2.75, 3.05) is 13.7 Å². The van der Waals surface area contributed by atoms with Crippen molar-refractivity contribution in [3.8, 4) is 5.75 Å². The van der Waals surface area contributed by atoms with Crippen molar-refractivity contribution in [2.24, 2.45) is 16.6 Å². The Kier molecular flexibility index (Phi) is 17.9. The number of methoxy groups -OCH3 is 1. The number of carbonyl (C=O) groups excluding carboxylic acids is 4. The fourth-order valence-corrected chi connectivity index (χ4v) is 8.91. The number of ketones is 1.